The van der Waals surface area contributed by atoms with E-state index >= 15 is 0 Å². The molecule has 4 aromatic rings. The van der Waals surface area contributed by atoms with Crippen LogP contribution >= 0.6 is 0 Å². The van der Waals surface area contributed by atoms with Crippen LogP contribution in [-0.2, 0) is 7.05 Å². The summed E-state index contributed by atoms with van der Waals surface area (Å²) in [6.07, 6.45) is 1.83. The maximum atomic E-state index is 12.5. The highest BCUT2D eigenvalue weighted by atomic mass is 16.5. The minimum absolute atomic E-state index is 0.0642. The Labute approximate surface area is 203 Å². The van der Waals surface area contributed by atoms with E-state index in [2.05, 4.69) is 16.0 Å². The highest BCUT2D eigenvalue weighted by Gasteiger charge is 2.09. The predicted molar refractivity (Wildman–Crippen MR) is 137 cm³/mol. The van der Waals surface area contributed by atoms with Crippen LogP contribution in [0.2, 0.25) is 0 Å². The highest BCUT2D eigenvalue weighted by Crippen LogP contribution is 2.22. The van der Waals surface area contributed by atoms with Crippen molar-refractivity contribution in [3.05, 3.63) is 102 Å². The van der Waals surface area contributed by atoms with Gasteiger partial charge in [0.1, 0.15) is 18.1 Å². The van der Waals surface area contributed by atoms with Crippen molar-refractivity contribution in [3.8, 4) is 5.75 Å². The third-order valence-corrected chi connectivity index (χ3v) is 5.23. The zero-order valence-electron chi connectivity index (χ0n) is 19.2. The van der Waals surface area contributed by atoms with Gasteiger partial charge < -0.3 is 30.4 Å². The fourth-order valence-electron chi connectivity index (χ4n) is 3.40. The van der Waals surface area contributed by atoms with E-state index in [9.17, 15) is 9.59 Å². The number of aliphatic hydroxyl groups is 1. The smallest absolute Gasteiger partial charge is 0.272 e. The Hall–Kier alpha value is -4.56. The number of nitrogens with one attached hydrogen (secondary N) is 3. The van der Waals surface area contributed by atoms with E-state index in [0.717, 1.165) is 11.4 Å². The molecule has 2 amide bonds. The molecule has 178 valence electrons. The van der Waals surface area contributed by atoms with Crippen molar-refractivity contribution in [3.63, 3.8) is 0 Å². The lowest BCUT2D eigenvalue weighted by Crippen LogP contribution is -2.15. The Bertz CT molecular complexity index is 1280. The van der Waals surface area contributed by atoms with Crippen LogP contribution in [0.1, 0.15) is 20.8 Å². The van der Waals surface area contributed by atoms with Gasteiger partial charge in [-0.05, 0) is 84.9 Å². The number of ether oxygens (including phenoxy) is 1. The van der Waals surface area contributed by atoms with E-state index in [1.807, 2.05) is 67.8 Å². The molecule has 0 unspecified atom stereocenters. The number of aromatic nitrogens is 1. The topological polar surface area (TPSA) is 105 Å². The minimum Gasteiger partial charge on any atom is -0.491 e. The monoisotopic (exact) mass is 470 g/mol. The molecule has 0 aliphatic carbocycles. The Morgan fingerprint density at radius 3 is 1.83 bits per heavy atom. The Morgan fingerprint density at radius 1 is 0.771 bits per heavy atom. The molecular weight excluding hydrogens is 444 g/mol. The van der Waals surface area contributed by atoms with E-state index < -0.39 is 0 Å². The summed E-state index contributed by atoms with van der Waals surface area (Å²) in [5, 5.41) is 17.8. The van der Waals surface area contributed by atoms with Gasteiger partial charge in [0.2, 0.25) is 0 Å². The third-order valence-electron chi connectivity index (χ3n) is 5.23. The first-order valence-electron chi connectivity index (χ1n) is 11.1. The van der Waals surface area contributed by atoms with Crippen molar-refractivity contribution in [2.45, 2.75) is 0 Å². The molecule has 3 aromatic carbocycles. The molecule has 35 heavy (non-hydrogen) atoms. The van der Waals surface area contributed by atoms with Crippen molar-refractivity contribution >= 4 is 34.6 Å². The third kappa shape index (κ3) is 6.27. The summed E-state index contributed by atoms with van der Waals surface area (Å²) in [5.41, 5.74) is 4.18. The molecule has 0 spiro atoms. The van der Waals surface area contributed by atoms with Gasteiger partial charge in [-0.25, -0.2) is 0 Å². The van der Waals surface area contributed by atoms with Crippen LogP contribution in [0.25, 0.3) is 0 Å². The summed E-state index contributed by atoms with van der Waals surface area (Å²) in [5.74, 6) is 0.201. The number of nitrogens with zero attached hydrogens (tertiary/aromatic N) is 1. The molecule has 0 fully saturated rings. The normalized spacial score (nSPS) is 10.5. The van der Waals surface area contributed by atoms with Gasteiger partial charge in [0, 0.05) is 41.6 Å². The summed E-state index contributed by atoms with van der Waals surface area (Å²) in [6, 6.07) is 25.1. The molecule has 0 saturated carbocycles. The molecule has 1 aromatic heterocycles. The van der Waals surface area contributed by atoms with Gasteiger partial charge in [0.05, 0.1) is 6.61 Å². The zero-order valence-corrected chi connectivity index (χ0v) is 19.2. The molecule has 0 atom stereocenters. The maximum absolute atomic E-state index is 12.5. The first kappa shape index (κ1) is 23.6. The van der Waals surface area contributed by atoms with Crippen molar-refractivity contribution < 1.29 is 19.4 Å². The zero-order chi connectivity index (χ0) is 24.6. The van der Waals surface area contributed by atoms with Crippen LogP contribution in [0.3, 0.4) is 0 Å². The van der Waals surface area contributed by atoms with E-state index in [-0.39, 0.29) is 25.0 Å². The van der Waals surface area contributed by atoms with Crippen LogP contribution in [0.4, 0.5) is 22.7 Å². The Morgan fingerprint density at radius 2 is 1.31 bits per heavy atom. The maximum Gasteiger partial charge on any atom is 0.272 e. The number of hydrogen-bond donors (Lipinski definition) is 4. The second-order valence-corrected chi connectivity index (χ2v) is 7.79. The molecular formula is C27H26N4O4. The van der Waals surface area contributed by atoms with Gasteiger partial charge in [-0.1, -0.05) is 0 Å². The van der Waals surface area contributed by atoms with Gasteiger partial charge in [-0.2, -0.15) is 0 Å². The number of amides is 2. The van der Waals surface area contributed by atoms with Gasteiger partial charge in [0.15, 0.2) is 0 Å². The number of rotatable bonds is 9. The fourth-order valence-corrected chi connectivity index (χ4v) is 3.40. The molecule has 0 aliphatic heterocycles. The van der Waals surface area contributed by atoms with Gasteiger partial charge >= 0.3 is 0 Å². The van der Waals surface area contributed by atoms with Crippen LogP contribution in [0.15, 0.2) is 91.1 Å². The van der Waals surface area contributed by atoms with Crippen molar-refractivity contribution in [1.29, 1.82) is 0 Å². The first-order valence-corrected chi connectivity index (χ1v) is 11.1. The van der Waals surface area contributed by atoms with E-state index in [0.29, 0.717) is 28.4 Å². The van der Waals surface area contributed by atoms with Crippen LogP contribution < -0.4 is 20.7 Å². The highest BCUT2D eigenvalue weighted by molar-refractivity contribution is 6.04. The SMILES string of the molecule is Cn1cccc1C(=O)Nc1ccc(Nc2ccc(NC(=O)c3ccc(OCCO)cc3)cc2)cc1. The van der Waals surface area contributed by atoms with E-state index in [1.165, 1.54) is 0 Å². The second kappa shape index (κ2) is 11.0. The van der Waals surface area contributed by atoms with Gasteiger partial charge in [-0.3, -0.25) is 9.59 Å². The lowest BCUT2D eigenvalue weighted by molar-refractivity contribution is 0.101. The van der Waals surface area contributed by atoms with Gasteiger partial charge in [-0.15, -0.1) is 0 Å². The lowest BCUT2D eigenvalue weighted by Gasteiger charge is -2.11. The summed E-state index contributed by atoms with van der Waals surface area (Å²) < 4.78 is 7.07. The summed E-state index contributed by atoms with van der Waals surface area (Å²) in [4.78, 5) is 24.8. The fraction of sp³-hybridized carbons (Fsp3) is 0.111. The van der Waals surface area contributed by atoms with Crippen molar-refractivity contribution in [1.82, 2.24) is 4.57 Å². The lowest BCUT2D eigenvalue weighted by atomic mass is 10.2. The average Bonchev–Trinajstić information content (AvgIpc) is 3.31. The van der Waals surface area contributed by atoms with Crippen molar-refractivity contribution in [2.75, 3.05) is 29.2 Å². The van der Waals surface area contributed by atoms with Gasteiger partial charge in [0.25, 0.3) is 11.8 Å². The standard InChI is InChI=1S/C27H26N4O4/c1-31-16-2-3-25(31)27(34)30-23-12-8-21(9-13-23)28-20-6-10-22(11-7-20)29-26(33)19-4-14-24(15-5-19)35-18-17-32/h2-16,28,32H,17-18H2,1H3,(H,29,33)(H,30,34). The quantitative estimate of drug-likeness (QED) is 0.285. The first-order chi connectivity index (χ1) is 17.0. The van der Waals surface area contributed by atoms with Crippen molar-refractivity contribution in [2.24, 2.45) is 7.05 Å². The summed E-state index contributed by atoms with van der Waals surface area (Å²) in [6.45, 7) is 0.145. The number of carbonyl (C=O) groups is 2. The van der Waals surface area contributed by atoms with Crippen LogP contribution in [0.5, 0.6) is 5.75 Å². The van der Waals surface area contributed by atoms with E-state index in [4.69, 9.17) is 9.84 Å². The van der Waals surface area contributed by atoms with Crippen LogP contribution in [0, 0.1) is 0 Å². The summed E-state index contributed by atoms with van der Waals surface area (Å²) >= 11 is 0. The molecule has 0 aliphatic rings. The van der Waals surface area contributed by atoms with Crippen LogP contribution in [-0.4, -0.2) is 34.7 Å². The molecule has 4 rings (SSSR count). The molecule has 1 heterocycles. The average molecular weight is 471 g/mol. The number of aryl methyl sites for hydroxylation is 1. The molecule has 8 heteroatoms. The number of benzene rings is 3. The molecule has 0 saturated heterocycles. The minimum atomic E-state index is -0.229. The number of hydrogen-bond acceptors (Lipinski definition) is 5. The Kier molecular flexibility index (Phi) is 7.44. The molecule has 4 N–H and O–H groups in total. The molecule has 8 nitrogen and oxygen atoms in total. The molecule has 0 bridgehead atoms. The predicted octanol–water partition coefficient (Wildman–Crippen LogP) is 4.64. The Balaban J connectivity index is 1.30. The number of aliphatic hydroxyl groups excluding tert-OH is 1. The number of carbonyl (C=O) groups excluding carboxylic acids is 2. The summed E-state index contributed by atoms with van der Waals surface area (Å²) in [7, 11) is 1.83. The largest absolute Gasteiger partial charge is 0.491 e. The molecule has 0 radical (unpaired) electrons. The van der Waals surface area contributed by atoms with E-state index in [1.54, 1.807) is 34.9 Å². The second-order valence-electron chi connectivity index (χ2n) is 7.79. The number of anilines is 4.